The molecule has 0 amide bonds. The Kier molecular flexibility index (Phi) is 4.31. The Morgan fingerprint density at radius 3 is 2.89 bits per heavy atom. The number of methoxy groups -OCH3 is 1. The first-order valence-corrected chi connectivity index (χ1v) is 8.74. The molecule has 2 aromatic heterocycles. The molecule has 1 atom stereocenters. The number of likely N-dealkylation sites (N-methyl/N-ethyl adjacent to an activating group) is 1. The van der Waals surface area contributed by atoms with Crippen LogP contribution in [0.3, 0.4) is 0 Å². The number of hydrogen-bond donors (Lipinski definition) is 1. The molecular formula is C19H22N6O2. The summed E-state index contributed by atoms with van der Waals surface area (Å²) in [6, 6.07) is 6.10. The smallest absolute Gasteiger partial charge is 0.229 e. The van der Waals surface area contributed by atoms with E-state index in [0.717, 1.165) is 28.6 Å². The van der Waals surface area contributed by atoms with Gasteiger partial charge >= 0.3 is 0 Å². The van der Waals surface area contributed by atoms with Crippen molar-refractivity contribution in [3.63, 3.8) is 0 Å². The van der Waals surface area contributed by atoms with Crippen molar-refractivity contribution in [2.45, 2.75) is 19.9 Å². The van der Waals surface area contributed by atoms with Crippen molar-refractivity contribution >= 4 is 17.5 Å². The van der Waals surface area contributed by atoms with Gasteiger partial charge in [-0.15, -0.1) is 0 Å². The molecule has 8 heteroatoms. The van der Waals surface area contributed by atoms with Crippen LogP contribution >= 0.6 is 0 Å². The number of fused-ring (bicyclic) bond motifs is 1. The lowest BCUT2D eigenvalue weighted by Gasteiger charge is -2.32. The van der Waals surface area contributed by atoms with E-state index in [-0.39, 0.29) is 6.04 Å². The van der Waals surface area contributed by atoms with Gasteiger partial charge in [-0.25, -0.2) is 9.97 Å². The van der Waals surface area contributed by atoms with Crippen LogP contribution in [0, 0.1) is 6.92 Å². The molecule has 0 unspecified atom stereocenters. The third kappa shape index (κ3) is 3.25. The minimum absolute atomic E-state index is 0.262. The Morgan fingerprint density at radius 2 is 2.15 bits per heavy atom. The van der Waals surface area contributed by atoms with Gasteiger partial charge in [-0.2, -0.15) is 4.98 Å². The van der Waals surface area contributed by atoms with E-state index < -0.39 is 0 Å². The van der Waals surface area contributed by atoms with Gasteiger partial charge in [0, 0.05) is 25.0 Å². The van der Waals surface area contributed by atoms with Gasteiger partial charge in [0.1, 0.15) is 12.4 Å². The van der Waals surface area contributed by atoms with Gasteiger partial charge in [-0.3, -0.25) is 0 Å². The second-order valence-corrected chi connectivity index (χ2v) is 6.59. The lowest BCUT2D eigenvalue weighted by molar-refractivity contribution is 0.271. The molecule has 0 spiro atoms. The maximum Gasteiger partial charge on any atom is 0.229 e. The minimum Gasteiger partial charge on any atom is -0.494 e. The molecule has 0 aliphatic carbocycles. The molecule has 1 aliphatic heterocycles. The summed E-state index contributed by atoms with van der Waals surface area (Å²) in [4.78, 5) is 15.3. The number of anilines is 3. The average molecular weight is 366 g/mol. The molecule has 1 N–H and O–H groups in total. The molecule has 3 heterocycles. The second kappa shape index (κ2) is 6.79. The van der Waals surface area contributed by atoms with E-state index in [4.69, 9.17) is 9.47 Å². The first-order valence-electron chi connectivity index (χ1n) is 8.74. The zero-order valence-corrected chi connectivity index (χ0v) is 15.8. The number of aryl methyl sites for hydroxylation is 1. The lowest BCUT2D eigenvalue weighted by atomic mass is 10.2. The van der Waals surface area contributed by atoms with Gasteiger partial charge in [0.15, 0.2) is 11.6 Å². The first kappa shape index (κ1) is 17.1. The Hall–Kier alpha value is -3.29. The number of nitrogens with zero attached hydrogens (tertiary/aromatic N) is 5. The van der Waals surface area contributed by atoms with E-state index in [1.54, 1.807) is 19.6 Å². The molecule has 4 rings (SSSR count). The quantitative estimate of drug-likeness (QED) is 0.761. The molecule has 0 saturated heterocycles. The van der Waals surface area contributed by atoms with Crippen molar-refractivity contribution in [2.24, 2.45) is 0 Å². The number of ether oxygens (including phenoxy) is 2. The van der Waals surface area contributed by atoms with Crippen LogP contribution in [0.5, 0.6) is 11.5 Å². The number of benzene rings is 1. The summed E-state index contributed by atoms with van der Waals surface area (Å²) in [5, 5.41) is 3.24. The summed E-state index contributed by atoms with van der Waals surface area (Å²) >= 11 is 0. The predicted molar refractivity (Wildman–Crippen MR) is 104 cm³/mol. The Balaban J connectivity index is 1.62. The van der Waals surface area contributed by atoms with Crippen LogP contribution in [0.15, 0.2) is 36.9 Å². The number of aromatic nitrogens is 4. The van der Waals surface area contributed by atoms with Gasteiger partial charge in [-0.1, -0.05) is 0 Å². The van der Waals surface area contributed by atoms with Crippen molar-refractivity contribution in [3.8, 4) is 17.2 Å². The lowest BCUT2D eigenvalue weighted by Crippen LogP contribution is -2.38. The summed E-state index contributed by atoms with van der Waals surface area (Å²) in [5.41, 5.74) is 2.69. The van der Waals surface area contributed by atoms with E-state index in [2.05, 4.69) is 32.1 Å². The van der Waals surface area contributed by atoms with E-state index >= 15 is 0 Å². The topological polar surface area (TPSA) is 77.3 Å². The molecule has 0 fully saturated rings. The summed E-state index contributed by atoms with van der Waals surface area (Å²) in [7, 11) is 3.66. The third-order valence-electron chi connectivity index (χ3n) is 4.64. The highest BCUT2D eigenvalue weighted by molar-refractivity contribution is 5.64. The van der Waals surface area contributed by atoms with Crippen LogP contribution in [-0.2, 0) is 0 Å². The standard InChI is InChI=1S/C19H22N6O2/c1-12-9-25(11-21-12)15-6-5-14(7-16(15)26-4)22-19-20-8-17-18(23-19)24(3)13(2)10-27-17/h5-9,11,13H,10H2,1-4H3,(H,20,22,23)/t13-/m0/s1. The predicted octanol–water partition coefficient (Wildman–Crippen LogP) is 2.94. The average Bonchev–Trinajstić information content (AvgIpc) is 3.11. The van der Waals surface area contributed by atoms with Crippen molar-refractivity contribution in [2.75, 3.05) is 31.0 Å². The number of imidazole rings is 1. The molecule has 0 saturated carbocycles. The van der Waals surface area contributed by atoms with Crippen LogP contribution in [0.4, 0.5) is 17.5 Å². The third-order valence-corrected chi connectivity index (χ3v) is 4.64. The number of rotatable bonds is 4. The van der Waals surface area contributed by atoms with Crippen molar-refractivity contribution in [1.29, 1.82) is 0 Å². The second-order valence-electron chi connectivity index (χ2n) is 6.59. The zero-order chi connectivity index (χ0) is 19.0. The number of hydrogen-bond acceptors (Lipinski definition) is 7. The van der Waals surface area contributed by atoms with Gasteiger partial charge in [0.2, 0.25) is 5.95 Å². The Morgan fingerprint density at radius 1 is 1.30 bits per heavy atom. The van der Waals surface area contributed by atoms with Gasteiger partial charge < -0.3 is 24.3 Å². The molecule has 140 valence electrons. The summed E-state index contributed by atoms with van der Waals surface area (Å²) in [5.74, 6) is 2.71. The molecule has 3 aromatic rings. The monoisotopic (exact) mass is 366 g/mol. The fourth-order valence-electron chi connectivity index (χ4n) is 2.96. The van der Waals surface area contributed by atoms with Crippen LogP contribution in [0.2, 0.25) is 0 Å². The van der Waals surface area contributed by atoms with E-state index in [0.29, 0.717) is 18.3 Å². The highest BCUT2D eigenvalue weighted by Crippen LogP contribution is 2.32. The van der Waals surface area contributed by atoms with Gasteiger partial charge in [0.25, 0.3) is 0 Å². The molecule has 0 radical (unpaired) electrons. The summed E-state index contributed by atoms with van der Waals surface area (Å²) in [6.07, 6.45) is 5.42. The van der Waals surface area contributed by atoms with Crippen molar-refractivity contribution in [3.05, 3.63) is 42.6 Å². The van der Waals surface area contributed by atoms with Crippen LogP contribution in [0.1, 0.15) is 12.6 Å². The Labute approximate surface area is 157 Å². The molecule has 1 aromatic carbocycles. The summed E-state index contributed by atoms with van der Waals surface area (Å²) < 4.78 is 13.2. The first-order chi connectivity index (χ1) is 13.0. The van der Waals surface area contributed by atoms with Crippen molar-refractivity contribution in [1.82, 2.24) is 19.5 Å². The zero-order valence-electron chi connectivity index (χ0n) is 15.8. The normalized spacial score (nSPS) is 15.9. The van der Waals surface area contributed by atoms with Gasteiger partial charge in [-0.05, 0) is 26.0 Å². The Bertz CT molecular complexity index is 971. The van der Waals surface area contributed by atoms with E-state index in [1.165, 1.54) is 0 Å². The fraction of sp³-hybridized carbons (Fsp3) is 0.316. The van der Waals surface area contributed by atoms with Crippen molar-refractivity contribution < 1.29 is 9.47 Å². The van der Waals surface area contributed by atoms with Crippen LogP contribution < -0.4 is 19.7 Å². The highest BCUT2D eigenvalue weighted by Gasteiger charge is 2.23. The largest absolute Gasteiger partial charge is 0.494 e. The van der Waals surface area contributed by atoms with Gasteiger partial charge in [0.05, 0.1) is 37.1 Å². The molecule has 0 bridgehead atoms. The molecule has 27 heavy (non-hydrogen) atoms. The molecule has 8 nitrogen and oxygen atoms in total. The molecule has 1 aliphatic rings. The number of nitrogens with one attached hydrogen (secondary N) is 1. The molecular weight excluding hydrogens is 344 g/mol. The fourth-order valence-corrected chi connectivity index (χ4v) is 2.96. The van der Waals surface area contributed by atoms with Crippen LogP contribution in [0.25, 0.3) is 5.69 Å². The maximum atomic E-state index is 5.69. The summed E-state index contributed by atoms with van der Waals surface area (Å²) in [6.45, 7) is 4.68. The van der Waals surface area contributed by atoms with E-state index in [1.807, 2.05) is 42.9 Å². The highest BCUT2D eigenvalue weighted by atomic mass is 16.5. The van der Waals surface area contributed by atoms with Crippen LogP contribution in [-0.4, -0.2) is 46.3 Å². The minimum atomic E-state index is 0.262. The maximum absolute atomic E-state index is 5.69. The SMILES string of the molecule is COc1cc(Nc2ncc3c(n2)N(C)[C@@H](C)CO3)ccc1-n1cnc(C)c1. The van der Waals surface area contributed by atoms with E-state index in [9.17, 15) is 0 Å².